The highest BCUT2D eigenvalue weighted by Gasteiger charge is 2.14. The molecule has 0 aliphatic carbocycles. The van der Waals surface area contributed by atoms with E-state index in [1.165, 1.54) is 0 Å². The van der Waals surface area contributed by atoms with E-state index in [2.05, 4.69) is 5.16 Å². The highest BCUT2D eigenvalue weighted by atomic mass is 35.5. The number of aromatic nitrogens is 1. The topological polar surface area (TPSA) is 55.6 Å². The second kappa shape index (κ2) is 8.27. The van der Waals surface area contributed by atoms with Gasteiger partial charge in [-0.3, -0.25) is 4.79 Å². The fraction of sp³-hybridized carbons (Fsp3) is 0.238. The largest absolute Gasteiger partial charge is 0.489 e. The first-order chi connectivity index (χ1) is 13.0. The highest BCUT2D eigenvalue weighted by molar-refractivity contribution is 6.31. The summed E-state index contributed by atoms with van der Waals surface area (Å²) in [7, 11) is 1.76. The Morgan fingerprint density at radius 3 is 2.48 bits per heavy atom. The van der Waals surface area contributed by atoms with Gasteiger partial charge < -0.3 is 14.2 Å². The summed E-state index contributed by atoms with van der Waals surface area (Å²) in [6.45, 7) is 4.56. The third kappa shape index (κ3) is 4.49. The molecule has 5 nitrogen and oxygen atoms in total. The van der Waals surface area contributed by atoms with Gasteiger partial charge in [-0.05, 0) is 49.7 Å². The number of hydrogen-bond acceptors (Lipinski definition) is 4. The van der Waals surface area contributed by atoms with Crippen molar-refractivity contribution >= 4 is 17.5 Å². The summed E-state index contributed by atoms with van der Waals surface area (Å²) in [4.78, 5) is 14.3. The van der Waals surface area contributed by atoms with Crippen LogP contribution in [0.15, 0.2) is 53.1 Å². The van der Waals surface area contributed by atoms with Crippen LogP contribution in [0.25, 0.3) is 0 Å². The molecule has 1 heterocycles. The minimum Gasteiger partial charge on any atom is -0.489 e. The second-order valence-corrected chi connectivity index (χ2v) is 6.78. The zero-order valence-electron chi connectivity index (χ0n) is 15.5. The van der Waals surface area contributed by atoms with Crippen molar-refractivity contribution in [3.05, 3.63) is 81.7 Å². The van der Waals surface area contributed by atoms with Gasteiger partial charge in [-0.2, -0.15) is 0 Å². The van der Waals surface area contributed by atoms with Crippen molar-refractivity contribution in [3.63, 3.8) is 0 Å². The van der Waals surface area contributed by atoms with E-state index in [1.807, 2.05) is 38.1 Å². The van der Waals surface area contributed by atoms with Crippen molar-refractivity contribution in [2.75, 3.05) is 7.05 Å². The highest BCUT2D eigenvalue weighted by Crippen LogP contribution is 2.20. The molecule has 0 saturated heterocycles. The Balaban J connectivity index is 1.62. The number of carbonyl (C=O) groups excluding carboxylic acids is 1. The SMILES string of the molecule is Cc1noc(C)c1COc1ccc(C(=O)N(C)Cc2ccccc2Cl)cc1. The monoisotopic (exact) mass is 384 g/mol. The fourth-order valence-corrected chi connectivity index (χ4v) is 2.93. The number of rotatable bonds is 6. The number of halogens is 1. The molecule has 27 heavy (non-hydrogen) atoms. The van der Waals surface area contributed by atoms with E-state index in [1.54, 1.807) is 36.2 Å². The molecule has 0 spiro atoms. The maximum atomic E-state index is 12.6. The van der Waals surface area contributed by atoms with E-state index in [9.17, 15) is 4.79 Å². The maximum absolute atomic E-state index is 12.6. The van der Waals surface area contributed by atoms with Gasteiger partial charge in [0.05, 0.1) is 11.3 Å². The molecule has 3 rings (SSSR count). The predicted octanol–water partition coefficient (Wildman–Crippen LogP) is 4.80. The summed E-state index contributed by atoms with van der Waals surface area (Å²) in [6, 6.07) is 14.6. The first-order valence-electron chi connectivity index (χ1n) is 8.59. The standard InChI is InChI=1S/C21H21ClN2O3/c1-14-19(15(2)27-23-14)13-26-18-10-8-16(9-11-18)21(25)24(3)12-17-6-4-5-7-20(17)22/h4-11H,12-13H2,1-3H3. The third-order valence-electron chi connectivity index (χ3n) is 4.38. The molecule has 6 heteroatoms. The predicted molar refractivity (Wildman–Crippen MR) is 104 cm³/mol. The van der Waals surface area contributed by atoms with Crippen LogP contribution in [0.2, 0.25) is 5.02 Å². The van der Waals surface area contributed by atoms with Gasteiger partial charge in [-0.15, -0.1) is 0 Å². The molecule has 0 saturated carbocycles. The Bertz CT molecular complexity index is 915. The van der Waals surface area contributed by atoms with Gasteiger partial charge in [-0.1, -0.05) is 35.0 Å². The summed E-state index contributed by atoms with van der Waals surface area (Å²) < 4.78 is 10.9. The van der Waals surface area contributed by atoms with Crippen molar-refractivity contribution in [2.24, 2.45) is 0 Å². The van der Waals surface area contributed by atoms with Crippen molar-refractivity contribution in [3.8, 4) is 5.75 Å². The van der Waals surface area contributed by atoms with Gasteiger partial charge in [0, 0.05) is 24.2 Å². The molecule has 0 aliphatic heterocycles. The number of amides is 1. The molecular weight excluding hydrogens is 364 g/mol. The lowest BCUT2D eigenvalue weighted by Gasteiger charge is -2.18. The van der Waals surface area contributed by atoms with Crippen molar-refractivity contribution in [2.45, 2.75) is 27.0 Å². The van der Waals surface area contributed by atoms with Crippen LogP contribution in [0.4, 0.5) is 0 Å². The molecule has 0 unspecified atom stereocenters. The lowest BCUT2D eigenvalue weighted by molar-refractivity contribution is 0.0785. The van der Waals surface area contributed by atoms with Crippen LogP contribution >= 0.6 is 11.6 Å². The summed E-state index contributed by atoms with van der Waals surface area (Å²) in [5.41, 5.74) is 3.26. The number of nitrogens with zero attached hydrogens (tertiary/aromatic N) is 2. The summed E-state index contributed by atoms with van der Waals surface area (Å²) in [5.74, 6) is 1.35. The van der Waals surface area contributed by atoms with Gasteiger partial charge in [0.1, 0.15) is 18.1 Å². The molecule has 0 N–H and O–H groups in total. The fourth-order valence-electron chi connectivity index (χ4n) is 2.73. The van der Waals surface area contributed by atoms with Gasteiger partial charge >= 0.3 is 0 Å². The molecule has 0 atom stereocenters. The van der Waals surface area contributed by atoms with E-state index < -0.39 is 0 Å². The van der Waals surface area contributed by atoms with Gasteiger partial charge in [0.2, 0.25) is 0 Å². The maximum Gasteiger partial charge on any atom is 0.253 e. The summed E-state index contributed by atoms with van der Waals surface area (Å²) >= 11 is 6.17. The lowest BCUT2D eigenvalue weighted by atomic mass is 10.1. The van der Waals surface area contributed by atoms with Gasteiger partial charge in [0.15, 0.2) is 0 Å². The molecule has 140 valence electrons. The van der Waals surface area contributed by atoms with E-state index in [0.29, 0.717) is 29.5 Å². The van der Waals surface area contributed by atoms with E-state index in [4.69, 9.17) is 20.9 Å². The molecule has 3 aromatic rings. The quantitative estimate of drug-likeness (QED) is 0.612. The van der Waals surface area contributed by atoms with Crippen LogP contribution in [0, 0.1) is 13.8 Å². The van der Waals surface area contributed by atoms with Gasteiger partial charge in [0.25, 0.3) is 5.91 Å². The number of hydrogen-bond donors (Lipinski definition) is 0. The van der Waals surface area contributed by atoms with Crippen molar-refractivity contribution in [1.82, 2.24) is 10.1 Å². The second-order valence-electron chi connectivity index (χ2n) is 6.37. The Morgan fingerprint density at radius 2 is 1.85 bits per heavy atom. The van der Waals surface area contributed by atoms with Crippen LogP contribution in [0.3, 0.4) is 0 Å². The average Bonchev–Trinajstić information content (AvgIpc) is 2.99. The van der Waals surface area contributed by atoms with Crippen LogP contribution in [0.1, 0.15) is 32.9 Å². The Morgan fingerprint density at radius 1 is 1.15 bits per heavy atom. The first kappa shape index (κ1) is 19.0. The molecule has 0 bridgehead atoms. The number of ether oxygens (including phenoxy) is 1. The lowest BCUT2D eigenvalue weighted by Crippen LogP contribution is -2.26. The number of carbonyl (C=O) groups is 1. The summed E-state index contributed by atoms with van der Waals surface area (Å²) in [5, 5.41) is 4.56. The van der Waals surface area contributed by atoms with E-state index in [-0.39, 0.29) is 5.91 Å². The third-order valence-corrected chi connectivity index (χ3v) is 4.75. The van der Waals surface area contributed by atoms with Crippen molar-refractivity contribution in [1.29, 1.82) is 0 Å². The summed E-state index contributed by atoms with van der Waals surface area (Å²) in [6.07, 6.45) is 0. The molecule has 0 radical (unpaired) electrons. The Kier molecular flexibility index (Phi) is 5.81. The van der Waals surface area contributed by atoms with Crippen molar-refractivity contribution < 1.29 is 14.1 Å². The average molecular weight is 385 g/mol. The number of benzene rings is 2. The van der Waals surface area contributed by atoms with E-state index >= 15 is 0 Å². The molecule has 2 aromatic carbocycles. The Hall–Kier alpha value is -2.79. The molecule has 1 aromatic heterocycles. The van der Waals surface area contributed by atoms with E-state index in [0.717, 1.165) is 22.6 Å². The van der Waals surface area contributed by atoms with Gasteiger partial charge in [-0.25, -0.2) is 0 Å². The Labute approximate surface area is 163 Å². The first-order valence-corrected chi connectivity index (χ1v) is 8.97. The minimum absolute atomic E-state index is 0.0767. The van der Waals surface area contributed by atoms with Crippen LogP contribution in [-0.2, 0) is 13.2 Å². The van der Waals surface area contributed by atoms with Crippen LogP contribution in [-0.4, -0.2) is 23.0 Å². The normalized spacial score (nSPS) is 10.7. The smallest absolute Gasteiger partial charge is 0.253 e. The molecule has 0 fully saturated rings. The molecule has 0 aliphatic rings. The van der Waals surface area contributed by atoms with Crippen LogP contribution in [0.5, 0.6) is 5.75 Å². The molecular formula is C21H21ClN2O3. The van der Waals surface area contributed by atoms with Crippen LogP contribution < -0.4 is 4.74 Å². The zero-order chi connectivity index (χ0) is 19.4. The zero-order valence-corrected chi connectivity index (χ0v) is 16.3. The molecule has 1 amide bonds. The minimum atomic E-state index is -0.0767. The number of aryl methyl sites for hydroxylation is 2.